The van der Waals surface area contributed by atoms with Crippen LogP contribution < -0.4 is 0 Å². The minimum atomic E-state index is -0.644. The van der Waals surface area contributed by atoms with Gasteiger partial charge in [0.25, 0.3) is 0 Å². The summed E-state index contributed by atoms with van der Waals surface area (Å²) in [6, 6.07) is 4.37. The lowest BCUT2D eigenvalue weighted by atomic mass is 9.49. The number of rotatable bonds is 6. The number of ketones is 1. The summed E-state index contributed by atoms with van der Waals surface area (Å²) in [6.07, 6.45) is 9.70. The van der Waals surface area contributed by atoms with Gasteiger partial charge in [-0.3, -0.25) is 4.79 Å². The summed E-state index contributed by atoms with van der Waals surface area (Å²) in [5, 5.41) is 19.9. The smallest absolute Gasteiger partial charge is 0.159 e. The number of aliphatic hydroxyl groups is 1. The number of benzene rings is 1. The van der Waals surface area contributed by atoms with Gasteiger partial charge in [-0.1, -0.05) is 6.92 Å². The van der Waals surface area contributed by atoms with Gasteiger partial charge in [-0.15, -0.1) is 0 Å². The fourth-order valence-corrected chi connectivity index (χ4v) is 9.17. The van der Waals surface area contributed by atoms with E-state index < -0.39 is 5.60 Å². The summed E-state index contributed by atoms with van der Waals surface area (Å²) in [4.78, 5) is 15.0. The summed E-state index contributed by atoms with van der Waals surface area (Å²) >= 11 is 0. The maximum atomic E-state index is 13.6. The normalized spacial score (nSPS) is 40.0. The van der Waals surface area contributed by atoms with Crippen LogP contribution in [0.2, 0.25) is 0 Å². The number of Topliss-reactive ketones (excluding diaryl/α,β-unsaturated/α-hetero) is 1. The van der Waals surface area contributed by atoms with Crippen LogP contribution in [0.1, 0.15) is 71.6 Å². The van der Waals surface area contributed by atoms with Crippen LogP contribution in [0.3, 0.4) is 0 Å². The lowest BCUT2D eigenvalue weighted by Gasteiger charge is -2.57. The van der Waals surface area contributed by atoms with Crippen LogP contribution >= 0.6 is 0 Å². The first-order valence-corrected chi connectivity index (χ1v) is 14.1. The molecule has 6 rings (SSSR count). The lowest BCUT2D eigenvalue weighted by Crippen LogP contribution is -2.52. The van der Waals surface area contributed by atoms with Crippen molar-refractivity contribution in [2.24, 2.45) is 40.9 Å². The fourth-order valence-electron chi connectivity index (χ4n) is 9.17. The molecule has 0 radical (unpaired) electrons. The van der Waals surface area contributed by atoms with Gasteiger partial charge in [-0.25, -0.2) is 4.39 Å². The monoisotopic (exact) mass is 497 g/mol. The molecule has 8 atom stereocenters. The zero-order valence-electron chi connectivity index (χ0n) is 21.7. The van der Waals surface area contributed by atoms with Crippen molar-refractivity contribution in [1.82, 2.24) is 15.0 Å². The first-order valence-electron chi connectivity index (χ1n) is 14.1. The quantitative estimate of drug-likeness (QED) is 0.595. The van der Waals surface area contributed by atoms with Crippen molar-refractivity contribution in [3.05, 3.63) is 24.0 Å². The van der Waals surface area contributed by atoms with Gasteiger partial charge in [-0.05, 0) is 112 Å². The van der Waals surface area contributed by atoms with Gasteiger partial charge in [0.05, 0.1) is 12.2 Å². The van der Waals surface area contributed by atoms with Crippen LogP contribution in [-0.2, 0) is 16.1 Å². The highest BCUT2D eigenvalue weighted by Crippen LogP contribution is 2.64. The Morgan fingerprint density at radius 3 is 2.72 bits per heavy atom. The SMILES string of the molecule is CCOC[C@@]1(O)CC[C@H]2[C@@H](CC[C@@H]3[C@@H]2CC[C@]2(C)[C@@H](C(=O)Cn4nc5ccc(F)cc5n4)CC[C@@H]32)C1. The van der Waals surface area contributed by atoms with E-state index in [9.17, 15) is 14.3 Å². The maximum Gasteiger partial charge on any atom is 0.159 e. The molecule has 0 amide bonds. The highest BCUT2D eigenvalue weighted by Gasteiger charge is 2.59. The topological polar surface area (TPSA) is 77.2 Å². The van der Waals surface area contributed by atoms with Crippen molar-refractivity contribution in [2.45, 2.75) is 83.8 Å². The van der Waals surface area contributed by atoms with E-state index in [1.165, 1.54) is 36.2 Å². The van der Waals surface area contributed by atoms with Gasteiger partial charge >= 0.3 is 0 Å². The van der Waals surface area contributed by atoms with E-state index in [1.54, 1.807) is 6.07 Å². The van der Waals surface area contributed by atoms with E-state index in [2.05, 4.69) is 17.1 Å². The third kappa shape index (κ3) is 4.10. The van der Waals surface area contributed by atoms with E-state index in [0.717, 1.165) is 44.4 Å². The summed E-state index contributed by atoms with van der Waals surface area (Å²) in [6.45, 7) is 5.67. The number of hydrogen-bond acceptors (Lipinski definition) is 5. The lowest BCUT2D eigenvalue weighted by molar-refractivity contribution is -0.138. The van der Waals surface area contributed by atoms with E-state index in [-0.39, 0.29) is 29.5 Å². The van der Waals surface area contributed by atoms with E-state index in [4.69, 9.17) is 4.74 Å². The molecule has 4 saturated carbocycles. The molecule has 0 spiro atoms. The van der Waals surface area contributed by atoms with Gasteiger partial charge < -0.3 is 9.84 Å². The second-order valence-corrected chi connectivity index (χ2v) is 12.5. The molecular formula is C29H40FN3O3. The number of aromatic nitrogens is 3. The molecule has 4 aliphatic carbocycles. The Hall–Kier alpha value is -1.86. The van der Waals surface area contributed by atoms with Crippen molar-refractivity contribution < 1.29 is 19.0 Å². The van der Waals surface area contributed by atoms with Crippen LogP contribution in [0.15, 0.2) is 18.2 Å². The first-order chi connectivity index (χ1) is 17.3. The standard InChI is InChI=1S/C29H40FN3O3/c1-3-36-17-29(35)13-11-20-18(15-29)4-6-22-21(20)10-12-28(2)23(22)7-8-24(28)27(34)16-33-31-25-9-5-19(30)14-26(25)32-33/h5,9,14,18,20-24,35H,3-4,6-8,10-13,15-17H2,1-2H3/t18-,20-,21+,22+,23-,24+,28-,29+/m0/s1. The Morgan fingerprint density at radius 2 is 1.89 bits per heavy atom. The Kier molecular flexibility index (Phi) is 6.23. The number of ether oxygens (including phenoxy) is 1. The third-order valence-corrected chi connectivity index (χ3v) is 10.7. The molecule has 2 aromatic rings. The molecule has 7 heteroatoms. The number of fused-ring (bicyclic) bond motifs is 6. The van der Waals surface area contributed by atoms with E-state index >= 15 is 0 Å². The molecule has 4 fully saturated rings. The molecule has 1 N–H and O–H groups in total. The van der Waals surface area contributed by atoms with E-state index in [1.807, 2.05) is 6.92 Å². The van der Waals surface area contributed by atoms with Crippen molar-refractivity contribution in [1.29, 1.82) is 0 Å². The Labute approximate surface area is 213 Å². The van der Waals surface area contributed by atoms with Crippen molar-refractivity contribution in [2.75, 3.05) is 13.2 Å². The number of carbonyl (C=O) groups excluding carboxylic acids is 1. The van der Waals surface area contributed by atoms with Gasteiger partial charge in [0.1, 0.15) is 23.4 Å². The number of halogens is 1. The number of hydrogen-bond donors (Lipinski definition) is 1. The van der Waals surface area contributed by atoms with E-state index in [0.29, 0.717) is 47.9 Å². The van der Waals surface area contributed by atoms with Crippen molar-refractivity contribution in [3.63, 3.8) is 0 Å². The molecule has 0 bridgehead atoms. The zero-order chi connectivity index (χ0) is 25.1. The second-order valence-electron chi connectivity index (χ2n) is 12.5. The Balaban J connectivity index is 1.14. The van der Waals surface area contributed by atoms with Gasteiger partial charge in [0.2, 0.25) is 0 Å². The van der Waals surface area contributed by atoms with Crippen LogP contribution in [-0.4, -0.2) is 44.7 Å². The minimum Gasteiger partial charge on any atom is -0.387 e. The average Bonchev–Trinajstić information content (AvgIpc) is 3.41. The molecule has 0 unspecified atom stereocenters. The molecule has 36 heavy (non-hydrogen) atoms. The Bertz CT molecular complexity index is 1140. The molecule has 1 aromatic carbocycles. The number of nitrogens with zero attached hydrogens (tertiary/aromatic N) is 3. The van der Waals surface area contributed by atoms with Crippen LogP contribution in [0.5, 0.6) is 0 Å². The molecule has 4 aliphatic rings. The van der Waals surface area contributed by atoms with Crippen LogP contribution in [0.25, 0.3) is 11.0 Å². The fraction of sp³-hybridized carbons (Fsp3) is 0.759. The van der Waals surface area contributed by atoms with Crippen molar-refractivity contribution >= 4 is 16.8 Å². The molecule has 196 valence electrons. The highest BCUT2D eigenvalue weighted by molar-refractivity contribution is 5.82. The predicted octanol–water partition coefficient (Wildman–Crippen LogP) is 5.18. The molecule has 6 nitrogen and oxygen atoms in total. The first kappa shape index (κ1) is 24.5. The van der Waals surface area contributed by atoms with Crippen molar-refractivity contribution in [3.8, 4) is 0 Å². The third-order valence-electron chi connectivity index (χ3n) is 10.7. The molecule has 1 aromatic heterocycles. The molecule has 1 heterocycles. The zero-order valence-corrected chi connectivity index (χ0v) is 21.7. The summed E-state index contributed by atoms with van der Waals surface area (Å²) in [5.74, 6) is 3.31. The molecular weight excluding hydrogens is 457 g/mol. The number of carbonyl (C=O) groups is 1. The summed E-state index contributed by atoms with van der Waals surface area (Å²) in [7, 11) is 0. The summed E-state index contributed by atoms with van der Waals surface area (Å²) in [5.41, 5.74) is 0.525. The molecule has 0 aliphatic heterocycles. The Morgan fingerprint density at radius 1 is 1.08 bits per heavy atom. The predicted molar refractivity (Wildman–Crippen MR) is 135 cm³/mol. The largest absolute Gasteiger partial charge is 0.387 e. The minimum absolute atomic E-state index is 0.0497. The summed E-state index contributed by atoms with van der Waals surface area (Å²) < 4.78 is 19.2. The second kappa shape index (κ2) is 9.16. The van der Waals surface area contributed by atoms with Crippen LogP contribution in [0.4, 0.5) is 4.39 Å². The van der Waals surface area contributed by atoms with Gasteiger partial charge in [0.15, 0.2) is 5.78 Å². The van der Waals surface area contributed by atoms with Gasteiger partial charge in [0, 0.05) is 18.6 Å². The molecule has 0 saturated heterocycles. The highest BCUT2D eigenvalue weighted by atomic mass is 19.1. The maximum absolute atomic E-state index is 13.6. The van der Waals surface area contributed by atoms with Crippen LogP contribution in [0, 0.1) is 46.7 Å². The average molecular weight is 498 g/mol. The van der Waals surface area contributed by atoms with Gasteiger partial charge in [-0.2, -0.15) is 15.0 Å².